The second kappa shape index (κ2) is 3.97. The lowest BCUT2D eigenvalue weighted by molar-refractivity contribution is 0.0747. The molecule has 20 heavy (non-hydrogen) atoms. The number of hydrogen-bond donors (Lipinski definition) is 1. The SMILES string of the molecule is CC1(S(=O)(=O)OC2(S(=O)(=O)C3(CO)CC3)CCC2)CC1. The molecule has 8 heteroatoms. The van der Waals surface area contributed by atoms with Gasteiger partial charge in [-0.15, -0.1) is 0 Å². The van der Waals surface area contributed by atoms with Gasteiger partial charge in [0.05, 0.1) is 16.1 Å². The maximum Gasteiger partial charge on any atom is 0.274 e. The van der Waals surface area contributed by atoms with Crippen LogP contribution >= 0.6 is 0 Å². The maximum atomic E-state index is 12.7. The molecule has 3 fully saturated rings. The summed E-state index contributed by atoms with van der Waals surface area (Å²) in [6.07, 6.45) is 2.82. The van der Waals surface area contributed by atoms with Crippen molar-refractivity contribution >= 4 is 20.0 Å². The van der Waals surface area contributed by atoms with E-state index in [9.17, 15) is 21.9 Å². The van der Waals surface area contributed by atoms with Crippen LogP contribution in [0.4, 0.5) is 0 Å². The molecule has 3 saturated carbocycles. The van der Waals surface area contributed by atoms with Crippen LogP contribution in [0.25, 0.3) is 0 Å². The highest BCUT2D eigenvalue weighted by Gasteiger charge is 2.68. The first-order chi connectivity index (χ1) is 9.14. The van der Waals surface area contributed by atoms with Crippen molar-refractivity contribution in [2.45, 2.75) is 66.3 Å². The molecule has 0 aromatic rings. The minimum absolute atomic E-state index is 0.201. The van der Waals surface area contributed by atoms with Crippen LogP contribution in [-0.4, -0.2) is 43.0 Å². The van der Waals surface area contributed by atoms with Gasteiger partial charge in [-0.1, -0.05) is 0 Å². The largest absolute Gasteiger partial charge is 0.395 e. The zero-order valence-electron chi connectivity index (χ0n) is 11.5. The summed E-state index contributed by atoms with van der Waals surface area (Å²) in [4.78, 5) is -1.63. The van der Waals surface area contributed by atoms with Crippen LogP contribution in [-0.2, 0) is 24.1 Å². The van der Waals surface area contributed by atoms with Gasteiger partial charge >= 0.3 is 0 Å². The third-order valence-electron chi connectivity index (χ3n) is 5.09. The molecule has 0 amide bonds. The first-order valence-electron chi connectivity index (χ1n) is 6.94. The summed E-state index contributed by atoms with van der Waals surface area (Å²) in [5.41, 5.74) is 0. The second-order valence-electron chi connectivity index (χ2n) is 6.60. The maximum absolute atomic E-state index is 12.7. The van der Waals surface area contributed by atoms with Gasteiger partial charge in [0.2, 0.25) is 0 Å². The third kappa shape index (κ3) is 1.74. The Morgan fingerprint density at radius 3 is 1.85 bits per heavy atom. The highest BCUT2D eigenvalue weighted by Crippen LogP contribution is 2.56. The fourth-order valence-corrected chi connectivity index (χ4v) is 7.06. The van der Waals surface area contributed by atoms with E-state index in [0.717, 1.165) is 0 Å². The van der Waals surface area contributed by atoms with Gasteiger partial charge in [-0.25, -0.2) is 12.6 Å². The Labute approximate surface area is 119 Å². The van der Waals surface area contributed by atoms with Crippen LogP contribution in [0.15, 0.2) is 0 Å². The molecule has 3 rings (SSSR count). The molecule has 3 aliphatic carbocycles. The van der Waals surface area contributed by atoms with Crippen LogP contribution in [0.3, 0.4) is 0 Å². The second-order valence-corrected chi connectivity index (χ2v) is 11.3. The standard InChI is InChI=1S/C12H20O6S2/c1-10(5-6-10)20(16,17)18-12(3-2-4-12)19(14,15)11(9-13)7-8-11/h13H,2-9H2,1H3. The molecule has 0 unspecified atom stereocenters. The molecule has 0 saturated heterocycles. The Balaban J connectivity index is 1.93. The Hall–Kier alpha value is -0.180. The summed E-state index contributed by atoms with van der Waals surface area (Å²) in [5.74, 6) is 0. The topological polar surface area (TPSA) is 97.7 Å². The average Bonchev–Trinajstić information content (AvgIpc) is 3.18. The van der Waals surface area contributed by atoms with Crippen molar-refractivity contribution in [3.63, 3.8) is 0 Å². The van der Waals surface area contributed by atoms with Gasteiger partial charge in [0, 0.05) is 0 Å². The molecule has 0 spiro atoms. The van der Waals surface area contributed by atoms with E-state index in [1.54, 1.807) is 6.92 Å². The van der Waals surface area contributed by atoms with Gasteiger partial charge in [-0.05, 0) is 51.9 Å². The normalized spacial score (nSPS) is 29.5. The first-order valence-corrected chi connectivity index (χ1v) is 9.83. The zero-order chi connectivity index (χ0) is 14.9. The van der Waals surface area contributed by atoms with E-state index in [-0.39, 0.29) is 12.8 Å². The molecule has 0 aliphatic heterocycles. The third-order valence-corrected chi connectivity index (χ3v) is 10.5. The fourth-order valence-electron chi connectivity index (χ4n) is 2.63. The molecule has 0 heterocycles. The smallest absolute Gasteiger partial charge is 0.274 e. The first kappa shape index (κ1) is 14.7. The molecule has 6 nitrogen and oxygen atoms in total. The van der Waals surface area contributed by atoms with Gasteiger partial charge < -0.3 is 5.11 Å². The Morgan fingerprint density at radius 2 is 1.55 bits per heavy atom. The zero-order valence-corrected chi connectivity index (χ0v) is 13.1. The summed E-state index contributed by atoms with van der Waals surface area (Å²) >= 11 is 0. The molecule has 0 aromatic heterocycles. The molecular formula is C12H20O6S2. The van der Waals surface area contributed by atoms with E-state index in [4.69, 9.17) is 4.18 Å². The van der Waals surface area contributed by atoms with Gasteiger partial charge in [0.15, 0.2) is 14.8 Å². The quantitative estimate of drug-likeness (QED) is 0.723. The average molecular weight is 324 g/mol. The molecule has 0 radical (unpaired) electrons. The molecule has 3 aliphatic rings. The minimum atomic E-state index is -3.89. The van der Waals surface area contributed by atoms with Crippen molar-refractivity contribution in [2.75, 3.05) is 6.61 Å². The number of hydrogen-bond acceptors (Lipinski definition) is 6. The lowest BCUT2D eigenvalue weighted by Gasteiger charge is -2.42. The fraction of sp³-hybridized carbons (Fsp3) is 1.00. The number of aliphatic hydroxyl groups is 1. The lowest BCUT2D eigenvalue weighted by Crippen LogP contribution is -2.55. The van der Waals surface area contributed by atoms with Crippen molar-refractivity contribution in [3.8, 4) is 0 Å². The van der Waals surface area contributed by atoms with Crippen molar-refractivity contribution in [2.24, 2.45) is 0 Å². The van der Waals surface area contributed by atoms with Crippen LogP contribution in [0.1, 0.15) is 51.9 Å². The molecule has 0 bridgehead atoms. The predicted molar refractivity (Wildman–Crippen MR) is 72.2 cm³/mol. The van der Waals surface area contributed by atoms with Crippen LogP contribution < -0.4 is 0 Å². The van der Waals surface area contributed by atoms with Crippen LogP contribution in [0.5, 0.6) is 0 Å². The number of rotatable bonds is 6. The summed E-state index contributed by atoms with van der Waals surface area (Å²) in [5, 5.41) is 9.36. The molecule has 1 N–H and O–H groups in total. The molecule has 116 valence electrons. The summed E-state index contributed by atoms with van der Waals surface area (Å²) in [7, 11) is -7.71. The Morgan fingerprint density at radius 1 is 1.00 bits per heavy atom. The van der Waals surface area contributed by atoms with Crippen molar-refractivity contribution in [1.29, 1.82) is 0 Å². The van der Waals surface area contributed by atoms with Gasteiger partial charge in [-0.2, -0.15) is 8.42 Å². The van der Waals surface area contributed by atoms with Gasteiger partial charge in [0.25, 0.3) is 10.1 Å². The van der Waals surface area contributed by atoms with E-state index in [1.165, 1.54) is 0 Å². The number of aliphatic hydroxyl groups excluding tert-OH is 1. The molecular weight excluding hydrogens is 304 g/mol. The lowest BCUT2D eigenvalue weighted by atomic mass is 9.95. The van der Waals surface area contributed by atoms with E-state index >= 15 is 0 Å². The van der Waals surface area contributed by atoms with Crippen LogP contribution in [0, 0.1) is 0 Å². The van der Waals surface area contributed by atoms with Crippen molar-refractivity contribution < 1.29 is 26.1 Å². The van der Waals surface area contributed by atoms with E-state index in [2.05, 4.69) is 0 Å². The summed E-state index contributed by atoms with van der Waals surface area (Å²) in [6.45, 7) is 1.12. The van der Waals surface area contributed by atoms with Crippen molar-refractivity contribution in [1.82, 2.24) is 0 Å². The van der Waals surface area contributed by atoms with Crippen molar-refractivity contribution in [3.05, 3.63) is 0 Å². The number of sulfone groups is 1. The van der Waals surface area contributed by atoms with Gasteiger partial charge in [0.1, 0.15) is 0 Å². The van der Waals surface area contributed by atoms with E-state index in [1.807, 2.05) is 0 Å². The van der Waals surface area contributed by atoms with Gasteiger partial charge in [-0.3, -0.25) is 0 Å². The Bertz CT molecular complexity index is 621. The van der Waals surface area contributed by atoms with E-state index in [0.29, 0.717) is 32.1 Å². The summed E-state index contributed by atoms with van der Waals surface area (Å²) in [6, 6.07) is 0. The highest BCUT2D eigenvalue weighted by atomic mass is 32.2. The molecule has 0 atom stereocenters. The van der Waals surface area contributed by atoms with Crippen LogP contribution in [0.2, 0.25) is 0 Å². The Kier molecular flexibility index (Phi) is 2.92. The monoisotopic (exact) mass is 324 g/mol. The predicted octanol–water partition coefficient (Wildman–Crippen LogP) is 0.705. The summed E-state index contributed by atoms with van der Waals surface area (Å²) < 4.78 is 53.1. The minimum Gasteiger partial charge on any atom is -0.395 e. The highest BCUT2D eigenvalue weighted by molar-refractivity contribution is 7.95. The van der Waals surface area contributed by atoms with E-state index < -0.39 is 41.0 Å². The molecule has 0 aromatic carbocycles.